The second kappa shape index (κ2) is 3.52. The molecule has 1 rings (SSSR count). The van der Waals surface area contributed by atoms with Gasteiger partial charge in [0, 0.05) is 12.8 Å². The van der Waals surface area contributed by atoms with E-state index in [0.717, 1.165) is 12.8 Å². The van der Waals surface area contributed by atoms with Crippen LogP contribution in [0.2, 0.25) is 0 Å². The Bertz CT molecular complexity index is 149. The van der Waals surface area contributed by atoms with Crippen molar-refractivity contribution in [3.63, 3.8) is 0 Å². The van der Waals surface area contributed by atoms with E-state index in [1.807, 2.05) is 6.08 Å². The molecule has 0 bridgehead atoms. The monoisotopic (exact) mass is 140 g/mol. The average molecular weight is 140 g/mol. The molecular formula is C8H12O2. The Hall–Kier alpha value is -0.630. The zero-order valence-electron chi connectivity index (χ0n) is 5.92. The van der Waals surface area contributed by atoms with Gasteiger partial charge in [-0.25, -0.2) is 0 Å². The van der Waals surface area contributed by atoms with Crippen LogP contribution in [0.1, 0.15) is 19.3 Å². The van der Waals surface area contributed by atoms with Gasteiger partial charge in [-0.3, -0.25) is 4.79 Å². The summed E-state index contributed by atoms with van der Waals surface area (Å²) in [5.41, 5.74) is 0. The first-order chi connectivity index (χ1) is 4.83. The van der Waals surface area contributed by atoms with E-state index in [9.17, 15) is 4.79 Å². The Balaban J connectivity index is 2.31. The summed E-state index contributed by atoms with van der Waals surface area (Å²) in [4.78, 5) is 10.7. The zero-order chi connectivity index (χ0) is 7.40. The van der Waals surface area contributed by atoms with E-state index in [2.05, 4.69) is 0 Å². The molecule has 1 N–H and O–H groups in total. The standard InChI is InChI=1S/C8H12O2/c9-5-1-2-7-3-4-8(10)6-7/h1-2,7,9H,3-6H2. The summed E-state index contributed by atoms with van der Waals surface area (Å²) in [5, 5.41) is 8.42. The Kier molecular flexibility index (Phi) is 2.63. The van der Waals surface area contributed by atoms with Crippen LogP contribution < -0.4 is 0 Å². The molecule has 0 amide bonds. The molecule has 0 spiro atoms. The molecule has 2 nitrogen and oxygen atoms in total. The van der Waals surface area contributed by atoms with E-state index >= 15 is 0 Å². The van der Waals surface area contributed by atoms with Crippen molar-refractivity contribution in [3.8, 4) is 0 Å². The smallest absolute Gasteiger partial charge is 0.133 e. The summed E-state index contributed by atoms with van der Waals surface area (Å²) in [7, 11) is 0. The number of allylic oxidation sites excluding steroid dienone is 1. The van der Waals surface area contributed by atoms with Crippen molar-refractivity contribution < 1.29 is 9.90 Å². The van der Waals surface area contributed by atoms with Crippen molar-refractivity contribution in [3.05, 3.63) is 12.2 Å². The van der Waals surface area contributed by atoms with Crippen LogP contribution in [-0.2, 0) is 4.79 Å². The molecule has 1 atom stereocenters. The Morgan fingerprint density at radius 3 is 3.00 bits per heavy atom. The SMILES string of the molecule is O=C1CCC(C=CCO)C1. The van der Waals surface area contributed by atoms with E-state index in [0.29, 0.717) is 18.1 Å². The van der Waals surface area contributed by atoms with E-state index in [-0.39, 0.29) is 6.61 Å². The molecule has 1 saturated carbocycles. The molecule has 0 aromatic heterocycles. The fraction of sp³-hybridized carbons (Fsp3) is 0.625. The lowest BCUT2D eigenvalue weighted by Gasteiger charge is -1.96. The highest BCUT2D eigenvalue weighted by molar-refractivity contribution is 5.80. The molecule has 0 saturated heterocycles. The van der Waals surface area contributed by atoms with Gasteiger partial charge in [0.2, 0.25) is 0 Å². The van der Waals surface area contributed by atoms with Crippen LogP contribution in [0.15, 0.2) is 12.2 Å². The molecule has 0 radical (unpaired) electrons. The first-order valence-corrected chi connectivity index (χ1v) is 3.62. The van der Waals surface area contributed by atoms with Gasteiger partial charge in [0.25, 0.3) is 0 Å². The fourth-order valence-electron chi connectivity index (χ4n) is 1.26. The van der Waals surface area contributed by atoms with Crippen LogP contribution in [0.25, 0.3) is 0 Å². The van der Waals surface area contributed by atoms with Gasteiger partial charge in [-0.1, -0.05) is 12.2 Å². The minimum atomic E-state index is 0.0880. The maximum Gasteiger partial charge on any atom is 0.133 e. The zero-order valence-corrected chi connectivity index (χ0v) is 5.92. The molecule has 0 heterocycles. The lowest BCUT2D eigenvalue weighted by atomic mass is 10.1. The molecule has 0 aliphatic heterocycles. The number of ketones is 1. The third-order valence-corrected chi connectivity index (χ3v) is 1.80. The topological polar surface area (TPSA) is 37.3 Å². The highest BCUT2D eigenvalue weighted by atomic mass is 16.2. The molecule has 1 aliphatic carbocycles. The third kappa shape index (κ3) is 1.95. The summed E-state index contributed by atoms with van der Waals surface area (Å²) >= 11 is 0. The Morgan fingerprint density at radius 2 is 2.50 bits per heavy atom. The molecule has 10 heavy (non-hydrogen) atoms. The van der Waals surface area contributed by atoms with Crippen molar-refractivity contribution in [1.29, 1.82) is 0 Å². The number of carbonyl (C=O) groups is 1. The van der Waals surface area contributed by atoms with Crippen LogP contribution >= 0.6 is 0 Å². The molecule has 2 heteroatoms. The predicted octanol–water partition coefficient (Wildman–Crippen LogP) is 0.904. The summed E-state index contributed by atoms with van der Waals surface area (Å²) < 4.78 is 0. The molecule has 0 aromatic carbocycles. The Labute approximate surface area is 60.6 Å². The van der Waals surface area contributed by atoms with Crippen molar-refractivity contribution in [1.82, 2.24) is 0 Å². The summed E-state index contributed by atoms with van der Waals surface area (Å²) in [6, 6.07) is 0. The normalized spacial score (nSPS) is 26.5. The molecular weight excluding hydrogens is 128 g/mol. The highest BCUT2D eigenvalue weighted by Gasteiger charge is 2.18. The Morgan fingerprint density at radius 1 is 1.70 bits per heavy atom. The van der Waals surface area contributed by atoms with Gasteiger partial charge in [0.05, 0.1) is 6.61 Å². The van der Waals surface area contributed by atoms with E-state index < -0.39 is 0 Å². The molecule has 0 aromatic rings. The number of hydrogen-bond acceptors (Lipinski definition) is 2. The maximum atomic E-state index is 10.7. The van der Waals surface area contributed by atoms with Crippen LogP contribution in [0.3, 0.4) is 0 Å². The largest absolute Gasteiger partial charge is 0.392 e. The van der Waals surface area contributed by atoms with Crippen LogP contribution in [0.4, 0.5) is 0 Å². The van der Waals surface area contributed by atoms with Gasteiger partial charge >= 0.3 is 0 Å². The van der Waals surface area contributed by atoms with Gasteiger partial charge < -0.3 is 5.11 Å². The van der Waals surface area contributed by atoms with E-state index in [4.69, 9.17) is 5.11 Å². The summed E-state index contributed by atoms with van der Waals surface area (Å²) in [6.45, 7) is 0.0880. The van der Waals surface area contributed by atoms with Crippen LogP contribution in [0.5, 0.6) is 0 Å². The predicted molar refractivity (Wildman–Crippen MR) is 38.6 cm³/mol. The first kappa shape index (κ1) is 7.48. The number of aliphatic hydroxyl groups is 1. The summed E-state index contributed by atoms with van der Waals surface area (Å²) in [6.07, 6.45) is 6.01. The number of rotatable bonds is 2. The second-order valence-electron chi connectivity index (χ2n) is 2.65. The maximum absolute atomic E-state index is 10.7. The molecule has 56 valence electrons. The molecule has 1 unspecified atom stereocenters. The minimum Gasteiger partial charge on any atom is -0.392 e. The highest BCUT2D eigenvalue weighted by Crippen LogP contribution is 2.22. The number of hydrogen-bond donors (Lipinski definition) is 1. The second-order valence-corrected chi connectivity index (χ2v) is 2.65. The van der Waals surface area contributed by atoms with Crippen molar-refractivity contribution in [2.75, 3.05) is 6.61 Å². The van der Waals surface area contributed by atoms with Gasteiger partial charge in [0.1, 0.15) is 5.78 Å². The number of Topliss-reactive ketones (excluding diaryl/α,β-unsaturated/α-hetero) is 1. The van der Waals surface area contributed by atoms with E-state index in [1.54, 1.807) is 6.08 Å². The fourth-order valence-corrected chi connectivity index (χ4v) is 1.26. The van der Waals surface area contributed by atoms with E-state index in [1.165, 1.54) is 0 Å². The number of carbonyl (C=O) groups excluding carboxylic acids is 1. The lowest BCUT2D eigenvalue weighted by Crippen LogP contribution is -1.90. The van der Waals surface area contributed by atoms with Crippen LogP contribution in [0, 0.1) is 5.92 Å². The average Bonchev–Trinajstić information content (AvgIpc) is 2.31. The van der Waals surface area contributed by atoms with Gasteiger partial charge in [-0.15, -0.1) is 0 Å². The molecule has 1 aliphatic rings. The lowest BCUT2D eigenvalue weighted by molar-refractivity contribution is -0.117. The van der Waals surface area contributed by atoms with Crippen molar-refractivity contribution in [2.45, 2.75) is 19.3 Å². The summed E-state index contributed by atoms with van der Waals surface area (Å²) in [5.74, 6) is 0.757. The number of aliphatic hydroxyl groups excluding tert-OH is 1. The van der Waals surface area contributed by atoms with Crippen molar-refractivity contribution >= 4 is 5.78 Å². The minimum absolute atomic E-state index is 0.0880. The molecule has 1 fully saturated rings. The first-order valence-electron chi connectivity index (χ1n) is 3.62. The van der Waals surface area contributed by atoms with Gasteiger partial charge in [-0.2, -0.15) is 0 Å². The quantitative estimate of drug-likeness (QED) is 0.579. The van der Waals surface area contributed by atoms with Gasteiger partial charge in [-0.05, 0) is 12.3 Å². The van der Waals surface area contributed by atoms with Crippen molar-refractivity contribution in [2.24, 2.45) is 5.92 Å². The third-order valence-electron chi connectivity index (χ3n) is 1.80. The van der Waals surface area contributed by atoms with Gasteiger partial charge in [0.15, 0.2) is 0 Å². The van der Waals surface area contributed by atoms with Crippen LogP contribution in [-0.4, -0.2) is 17.5 Å².